The van der Waals surface area contributed by atoms with Crippen LogP contribution >= 0.6 is 0 Å². The summed E-state index contributed by atoms with van der Waals surface area (Å²) in [6.07, 6.45) is 3.07. The monoisotopic (exact) mass is 254 g/mol. The summed E-state index contributed by atoms with van der Waals surface area (Å²) >= 11 is 0. The van der Waals surface area contributed by atoms with Crippen molar-refractivity contribution in [2.75, 3.05) is 0 Å². The lowest BCUT2D eigenvalue weighted by Gasteiger charge is -1.99. The van der Waals surface area contributed by atoms with E-state index in [1.807, 2.05) is 42.5 Å². The highest BCUT2D eigenvalue weighted by atomic mass is 16.4. The fraction of sp³-hybridized carbons (Fsp3) is 0.125. The Hall–Kier alpha value is -2.42. The Labute approximate surface area is 111 Å². The topological polar surface area (TPSA) is 54.4 Å². The first-order valence-electron chi connectivity index (χ1n) is 6.07. The number of ketones is 1. The second kappa shape index (κ2) is 5.96. The molecule has 3 heteroatoms. The van der Waals surface area contributed by atoms with E-state index in [0.29, 0.717) is 0 Å². The van der Waals surface area contributed by atoms with Gasteiger partial charge in [-0.1, -0.05) is 42.5 Å². The Bertz CT molecular complexity index is 641. The first-order valence-corrected chi connectivity index (χ1v) is 6.07. The van der Waals surface area contributed by atoms with Gasteiger partial charge in [0.25, 0.3) is 0 Å². The molecule has 1 N–H and O–H groups in total. The number of hydrogen-bond donors (Lipinski definition) is 1. The summed E-state index contributed by atoms with van der Waals surface area (Å²) in [6, 6.07) is 13.9. The van der Waals surface area contributed by atoms with Gasteiger partial charge in [0.15, 0.2) is 5.78 Å². The van der Waals surface area contributed by atoms with E-state index >= 15 is 0 Å². The van der Waals surface area contributed by atoms with E-state index < -0.39 is 5.97 Å². The molecule has 0 saturated heterocycles. The molecule has 96 valence electrons. The zero-order chi connectivity index (χ0) is 13.7. The minimum Gasteiger partial charge on any atom is -0.481 e. The number of rotatable bonds is 5. The van der Waals surface area contributed by atoms with Gasteiger partial charge in [0, 0.05) is 6.42 Å². The third-order valence-electron chi connectivity index (χ3n) is 2.82. The highest BCUT2D eigenvalue weighted by Gasteiger charge is 2.01. The van der Waals surface area contributed by atoms with Gasteiger partial charge < -0.3 is 5.11 Å². The molecule has 0 aliphatic rings. The average Bonchev–Trinajstić information content (AvgIpc) is 2.42. The third-order valence-corrected chi connectivity index (χ3v) is 2.82. The number of carbonyl (C=O) groups excluding carboxylic acids is 1. The summed E-state index contributed by atoms with van der Waals surface area (Å²) in [6.45, 7) is 0. The third kappa shape index (κ3) is 3.78. The first-order chi connectivity index (χ1) is 9.15. The average molecular weight is 254 g/mol. The fourth-order valence-electron chi connectivity index (χ4n) is 1.81. The van der Waals surface area contributed by atoms with Crippen molar-refractivity contribution in [3.05, 3.63) is 54.1 Å². The van der Waals surface area contributed by atoms with E-state index in [-0.39, 0.29) is 18.6 Å². The van der Waals surface area contributed by atoms with Crippen LogP contribution in [0.5, 0.6) is 0 Å². The molecule has 0 heterocycles. The molecule has 2 aromatic rings. The first kappa shape index (κ1) is 13.0. The van der Waals surface area contributed by atoms with Crippen LogP contribution in [0, 0.1) is 0 Å². The van der Waals surface area contributed by atoms with Gasteiger partial charge in [-0.15, -0.1) is 0 Å². The van der Waals surface area contributed by atoms with Crippen molar-refractivity contribution in [3.63, 3.8) is 0 Å². The Morgan fingerprint density at radius 1 is 1.00 bits per heavy atom. The molecular weight excluding hydrogens is 240 g/mol. The van der Waals surface area contributed by atoms with Crippen LogP contribution in [0.1, 0.15) is 18.4 Å². The van der Waals surface area contributed by atoms with Gasteiger partial charge in [0.1, 0.15) is 0 Å². The zero-order valence-corrected chi connectivity index (χ0v) is 10.4. The van der Waals surface area contributed by atoms with Gasteiger partial charge in [-0.25, -0.2) is 0 Å². The van der Waals surface area contributed by atoms with Crippen molar-refractivity contribution in [1.29, 1.82) is 0 Å². The number of fused-ring (bicyclic) bond motifs is 1. The molecule has 0 saturated carbocycles. The van der Waals surface area contributed by atoms with Crippen LogP contribution in [0.3, 0.4) is 0 Å². The van der Waals surface area contributed by atoms with Crippen LogP contribution in [-0.2, 0) is 9.59 Å². The highest BCUT2D eigenvalue weighted by molar-refractivity contribution is 5.95. The van der Waals surface area contributed by atoms with E-state index in [1.54, 1.807) is 6.08 Å². The lowest BCUT2D eigenvalue weighted by Crippen LogP contribution is -1.99. The number of hydrogen-bond acceptors (Lipinski definition) is 2. The van der Waals surface area contributed by atoms with Gasteiger partial charge in [-0.2, -0.15) is 0 Å². The van der Waals surface area contributed by atoms with Gasteiger partial charge in [0.2, 0.25) is 0 Å². The number of benzene rings is 2. The lowest BCUT2D eigenvalue weighted by atomic mass is 10.1. The van der Waals surface area contributed by atoms with Crippen LogP contribution in [0.15, 0.2) is 48.5 Å². The molecule has 0 amide bonds. The Balaban J connectivity index is 2.08. The highest BCUT2D eigenvalue weighted by Crippen LogP contribution is 2.16. The molecular formula is C16H14O3. The van der Waals surface area contributed by atoms with Crippen molar-refractivity contribution in [2.45, 2.75) is 12.8 Å². The smallest absolute Gasteiger partial charge is 0.303 e. The standard InChI is InChI=1S/C16H14O3/c17-15(9-10-16(18)19)8-6-12-5-7-13-3-1-2-4-14(13)11-12/h1-8,11H,9-10H2,(H,18,19)/b8-6+. The second-order valence-corrected chi connectivity index (χ2v) is 4.30. The summed E-state index contributed by atoms with van der Waals surface area (Å²) in [5, 5.41) is 10.8. The Morgan fingerprint density at radius 2 is 1.74 bits per heavy atom. The van der Waals surface area contributed by atoms with Crippen molar-refractivity contribution in [3.8, 4) is 0 Å². The maximum Gasteiger partial charge on any atom is 0.303 e. The Kier molecular flexibility index (Phi) is 4.08. The number of aliphatic carboxylic acids is 1. The molecule has 0 aromatic heterocycles. The molecule has 2 aromatic carbocycles. The summed E-state index contributed by atoms with van der Waals surface area (Å²) in [5.74, 6) is -1.12. The number of carboxylic acids is 1. The van der Waals surface area contributed by atoms with Crippen LogP contribution < -0.4 is 0 Å². The molecule has 0 fully saturated rings. The number of carbonyl (C=O) groups is 2. The minimum absolute atomic E-state index is 0.0411. The molecule has 19 heavy (non-hydrogen) atoms. The number of carboxylic acid groups (broad SMARTS) is 1. The SMILES string of the molecule is O=C(O)CCC(=O)/C=C/c1ccc2ccccc2c1. The molecule has 0 aliphatic carbocycles. The normalized spacial score (nSPS) is 10.9. The van der Waals surface area contributed by atoms with E-state index in [1.165, 1.54) is 6.08 Å². The summed E-state index contributed by atoms with van der Waals surface area (Å²) in [5.41, 5.74) is 0.933. The Morgan fingerprint density at radius 3 is 2.47 bits per heavy atom. The van der Waals surface area contributed by atoms with Crippen molar-refractivity contribution in [2.24, 2.45) is 0 Å². The molecule has 0 atom stereocenters. The van der Waals surface area contributed by atoms with Crippen LogP contribution in [0.4, 0.5) is 0 Å². The second-order valence-electron chi connectivity index (χ2n) is 4.30. The maximum atomic E-state index is 11.4. The van der Waals surface area contributed by atoms with Gasteiger partial charge >= 0.3 is 5.97 Å². The van der Waals surface area contributed by atoms with Gasteiger partial charge in [-0.05, 0) is 28.5 Å². The molecule has 0 aliphatic heterocycles. The molecule has 3 nitrogen and oxygen atoms in total. The predicted molar refractivity (Wildman–Crippen MR) is 74.9 cm³/mol. The summed E-state index contributed by atoms with van der Waals surface area (Å²) in [4.78, 5) is 21.8. The van der Waals surface area contributed by atoms with Gasteiger partial charge in [0.05, 0.1) is 6.42 Å². The van der Waals surface area contributed by atoms with Crippen LogP contribution in [-0.4, -0.2) is 16.9 Å². The van der Waals surface area contributed by atoms with Crippen molar-refractivity contribution >= 4 is 28.6 Å². The maximum absolute atomic E-state index is 11.4. The largest absolute Gasteiger partial charge is 0.481 e. The van der Waals surface area contributed by atoms with Crippen LogP contribution in [0.25, 0.3) is 16.8 Å². The van der Waals surface area contributed by atoms with E-state index in [9.17, 15) is 9.59 Å². The molecule has 0 bridgehead atoms. The van der Waals surface area contributed by atoms with E-state index in [2.05, 4.69) is 0 Å². The molecule has 2 rings (SSSR count). The van der Waals surface area contributed by atoms with Crippen molar-refractivity contribution in [1.82, 2.24) is 0 Å². The zero-order valence-electron chi connectivity index (χ0n) is 10.4. The van der Waals surface area contributed by atoms with E-state index in [4.69, 9.17) is 5.11 Å². The fourth-order valence-corrected chi connectivity index (χ4v) is 1.81. The van der Waals surface area contributed by atoms with E-state index in [0.717, 1.165) is 16.3 Å². The molecule has 0 radical (unpaired) electrons. The predicted octanol–water partition coefficient (Wildman–Crippen LogP) is 3.29. The number of allylic oxidation sites excluding steroid dienone is 1. The van der Waals surface area contributed by atoms with Crippen molar-refractivity contribution < 1.29 is 14.7 Å². The lowest BCUT2D eigenvalue weighted by molar-refractivity contribution is -0.138. The minimum atomic E-state index is -0.951. The molecule has 0 unspecified atom stereocenters. The van der Waals surface area contributed by atoms with Crippen LogP contribution in [0.2, 0.25) is 0 Å². The molecule has 0 spiro atoms. The summed E-state index contributed by atoms with van der Waals surface area (Å²) < 4.78 is 0. The quantitative estimate of drug-likeness (QED) is 0.833. The van der Waals surface area contributed by atoms with Gasteiger partial charge in [-0.3, -0.25) is 9.59 Å². The summed E-state index contributed by atoms with van der Waals surface area (Å²) in [7, 11) is 0.